The van der Waals surface area contributed by atoms with Crippen LogP contribution in [0, 0.1) is 13.8 Å². The molecule has 1 amide bonds. The van der Waals surface area contributed by atoms with Crippen LogP contribution >= 0.6 is 0 Å². The Labute approximate surface area is 182 Å². The van der Waals surface area contributed by atoms with Gasteiger partial charge in [0, 0.05) is 16.7 Å². The fourth-order valence-corrected chi connectivity index (χ4v) is 3.90. The maximum atomic E-state index is 12.8. The summed E-state index contributed by atoms with van der Waals surface area (Å²) in [5.74, 6) is 0.399. The molecule has 2 aromatic carbocycles. The summed E-state index contributed by atoms with van der Waals surface area (Å²) in [7, 11) is -3.85. The number of benzene rings is 2. The fraction of sp³-hybridized carbons (Fsp3) is 0.318. The summed E-state index contributed by atoms with van der Waals surface area (Å²) in [6.07, 6.45) is 0. The molecule has 0 aliphatic heterocycles. The van der Waals surface area contributed by atoms with E-state index in [9.17, 15) is 13.2 Å². The highest BCUT2D eigenvalue weighted by Gasteiger charge is 2.22. The molecule has 0 bridgehead atoms. The van der Waals surface area contributed by atoms with Crippen LogP contribution in [0.1, 0.15) is 54.0 Å². The summed E-state index contributed by atoms with van der Waals surface area (Å²) < 4.78 is 33.4. The van der Waals surface area contributed by atoms with Gasteiger partial charge in [0.25, 0.3) is 15.9 Å². The first-order valence-electron chi connectivity index (χ1n) is 9.77. The predicted octanol–water partition coefficient (Wildman–Crippen LogP) is 3.71. The van der Waals surface area contributed by atoms with E-state index in [-0.39, 0.29) is 22.4 Å². The molecule has 0 aliphatic carbocycles. The lowest BCUT2D eigenvalue weighted by atomic mass is 9.97. The number of carbonyl (C=O) groups is 1. The van der Waals surface area contributed by atoms with Crippen molar-refractivity contribution in [2.24, 2.45) is 0 Å². The van der Waals surface area contributed by atoms with Crippen molar-refractivity contribution >= 4 is 21.6 Å². The summed E-state index contributed by atoms with van der Waals surface area (Å²) in [6, 6.07) is 11.5. The van der Waals surface area contributed by atoms with Gasteiger partial charge in [0.2, 0.25) is 5.89 Å². The van der Waals surface area contributed by atoms with E-state index >= 15 is 0 Å². The molecule has 3 aromatic rings. The van der Waals surface area contributed by atoms with Crippen LogP contribution in [0.4, 0.5) is 5.69 Å². The Morgan fingerprint density at radius 3 is 2.48 bits per heavy atom. The first-order valence-corrected chi connectivity index (χ1v) is 11.3. The van der Waals surface area contributed by atoms with Gasteiger partial charge in [-0.15, -0.1) is 0 Å². The molecule has 0 fully saturated rings. The van der Waals surface area contributed by atoms with Crippen LogP contribution in [-0.2, 0) is 22.0 Å². The van der Waals surface area contributed by atoms with E-state index in [1.807, 2.05) is 33.8 Å². The van der Waals surface area contributed by atoms with Crippen LogP contribution in [0.2, 0.25) is 0 Å². The number of anilines is 1. The number of nitrogens with zero attached hydrogens (tertiary/aromatic N) is 2. The average molecular weight is 443 g/mol. The van der Waals surface area contributed by atoms with E-state index in [4.69, 9.17) is 4.52 Å². The van der Waals surface area contributed by atoms with Gasteiger partial charge in [-0.25, -0.2) is 8.42 Å². The molecule has 164 valence electrons. The smallest absolute Gasteiger partial charge is 0.261 e. The highest BCUT2D eigenvalue weighted by atomic mass is 32.2. The molecule has 0 atom stereocenters. The van der Waals surface area contributed by atoms with Crippen molar-refractivity contribution in [1.82, 2.24) is 15.5 Å². The van der Waals surface area contributed by atoms with Crippen molar-refractivity contribution in [2.75, 3.05) is 4.72 Å². The molecule has 2 N–H and O–H groups in total. The first-order chi connectivity index (χ1) is 14.5. The predicted molar refractivity (Wildman–Crippen MR) is 117 cm³/mol. The zero-order chi connectivity index (χ0) is 22.8. The van der Waals surface area contributed by atoms with Gasteiger partial charge in [-0.3, -0.25) is 9.52 Å². The lowest BCUT2D eigenvalue weighted by Crippen LogP contribution is -2.25. The molecule has 0 radical (unpaired) electrons. The van der Waals surface area contributed by atoms with Crippen molar-refractivity contribution < 1.29 is 17.7 Å². The van der Waals surface area contributed by atoms with Crippen molar-refractivity contribution in [3.63, 3.8) is 0 Å². The van der Waals surface area contributed by atoms with Crippen molar-refractivity contribution in [3.05, 3.63) is 70.9 Å². The summed E-state index contributed by atoms with van der Waals surface area (Å²) >= 11 is 0. The van der Waals surface area contributed by atoms with Crippen LogP contribution in [0.25, 0.3) is 0 Å². The van der Waals surface area contributed by atoms with E-state index < -0.39 is 15.9 Å². The van der Waals surface area contributed by atoms with Gasteiger partial charge in [-0.05, 0) is 49.2 Å². The number of hydrogen-bond donors (Lipinski definition) is 2. The second-order valence-electron chi connectivity index (χ2n) is 8.40. The molecular weight excluding hydrogens is 416 g/mol. The Kier molecular flexibility index (Phi) is 6.17. The van der Waals surface area contributed by atoms with Crippen LogP contribution in [0.15, 0.2) is 51.9 Å². The molecule has 1 aromatic heterocycles. The Hall–Kier alpha value is -3.20. The number of hydrogen-bond acceptors (Lipinski definition) is 6. The molecule has 1 heterocycles. The van der Waals surface area contributed by atoms with Gasteiger partial charge in [0.1, 0.15) is 0 Å². The largest absolute Gasteiger partial charge is 0.345 e. The minimum atomic E-state index is -3.85. The van der Waals surface area contributed by atoms with Crippen LogP contribution < -0.4 is 10.0 Å². The number of carbonyl (C=O) groups excluding carboxylic acids is 1. The number of nitrogens with one attached hydrogen (secondary N) is 2. The normalized spacial score (nSPS) is 11.9. The number of amides is 1. The summed E-state index contributed by atoms with van der Waals surface area (Å²) in [5.41, 5.74) is 2.00. The molecule has 0 saturated heterocycles. The summed E-state index contributed by atoms with van der Waals surface area (Å²) in [4.78, 5) is 17.0. The lowest BCUT2D eigenvalue weighted by molar-refractivity contribution is 0.0949. The van der Waals surface area contributed by atoms with Crippen molar-refractivity contribution in [3.8, 4) is 0 Å². The van der Waals surface area contributed by atoms with E-state index in [2.05, 4.69) is 20.2 Å². The number of aromatic nitrogens is 2. The van der Waals surface area contributed by atoms with Crippen molar-refractivity contribution in [1.29, 1.82) is 0 Å². The van der Waals surface area contributed by atoms with E-state index in [0.717, 1.165) is 5.56 Å². The molecular formula is C22H26N4O4S. The molecule has 8 nitrogen and oxygen atoms in total. The minimum Gasteiger partial charge on any atom is -0.345 e. The van der Waals surface area contributed by atoms with Gasteiger partial charge in [0.15, 0.2) is 5.82 Å². The Morgan fingerprint density at radius 1 is 1.10 bits per heavy atom. The lowest BCUT2D eigenvalue weighted by Gasteiger charge is -2.12. The second-order valence-corrected chi connectivity index (χ2v) is 10.1. The molecule has 9 heteroatoms. The number of sulfonamides is 1. The second kappa shape index (κ2) is 8.50. The molecule has 0 saturated carbocycles. The Bertz CT molecular complexity index is 1210. The van der Waals surface area contributed by atoms with Gasteiger partial charge in [0.05, 0.1) is 11.4 Å². The van der Waals surface area contributed by atoms with E-state index in [0.29, 0.717) is 23.0 Å². The third-order valence-corrected chi connectivity index (χ3v) is 5.93. The van der Waals surface area contributed by atoms with Gasteiger partial charge in [-0.1, -0.05) is 44.1 Å². The molecule has 0 aliphatic rings. The third kappa shape index (κ3) is 5.49. The quantitative estimate of drug-likeness (QED) is 0.601. The topological polar surface area (TPSA) is 114 Å². The SMILES string of the molecule is Cc1cccc(NS(=O)(=O)c2ccc(C)c(C(=O)NCc3noc(C(C)(C)C)n3)c2)c1. The molecule has 0 spiro atoms. The average Bonchev–Trinajstić information content (AvgIpc) is 3.15. The number of aryl methyl sites for hydroxylation is 2. The Balaban J connectivity index is 1.77. The van der Waals surface area contributed by atoms with E-state index in [1.54, 1.807) is 31.2 Å². The molecule has 0 unspecified atom stereocenters. The maximum absolute atomic E-state index is 12.8. The zero-order valence-corrected chi connectivity index (χ0v) is 19.0. The summed E-state index contributed by atoms with van der Waals surface area (Å²) in [6.45, 7) is 9.52. The Morgan fingerprint density at radius 2 is 1.84 bits per heavy atom. The zero-order valence-electron chi connectivity index (χ0n) is 18.2. The van der Waals surface area contributed by atoms with Gasteiger partial charge >= 0.3 is 0 Å². The monoisotopic (exact) mass is 442 g/mol. The highest BCUT2D eigenvalue weighted by molar-refractivity contribution is 7.92. The first kappa shape index (κ1) is 22.5. The van der Waals surface area contributed by atoms with Crippen LogP contribution in [0.5, 0.6) is 0 Å². The minimum absolute atomic E-state index is 0.000615. The summed E-state index contributed by atoms with van der Waals surface area (Å²) in [5, 5.41) is 6.59. The van der Waals surface area contributed by atoms with Gasteiger partial charge < -0.3 is 9.84 Å². The standard InChI is InChI=1S/C22H26N4O4S/c1-14-7-6-8-16(11-14)26-31(28,29)17-10-9-15(2)18(12-17)20(27)23-13-19-24-21(30-25-19)22(3,4)5/h6-12,26H,13H2,1-5H3,(H,23,27). The van der Waals surface area contributed by atoms with Crippen LogP contribution in [0.3, 0.4) is 0 Å². The third-order valence-electron chi connectivity index (χ3n) is 4.55. The van der Waals surface area contributed by atoms with Crippen molar-refractivity contribution in [2.45, 2.75) is 51.5 Å². The fourth-order valence-electron chi connectivity index (χ4n) is 2.82. The van der Waals surface area contributed by atoms with Gasteiger partial charge in [-0.2, -0.15) is 4.98 Å². The van der Waals surface area contributed by atoms with E-state index in [1.165, 1.54) is 12.1 Å². The molecule has 3 rings (SSSR count). The highest BCUT2D eigenvalue weighted by Crippen LogP contribution is 2.21. The molecule has 31 heavy (non-hydrogen) atoms. The maximum Gasteiger partial charge on any atom is 0.261 e. The van der Waals surface area contributed by atoms with Crippen LogP contribution in [-0.4, -0.2) is 24.5 Å². The number of rotatable bonds is 6.